The molecule has 0 unspecified atom stereocenters. The summed E-state index contributed by atoms with van der Waals surface area (Å²) in [6.07, 6.45) is 8.80. The van der Waals surface area contributed by atoms with Crippen LogP contribution in [-0.4, -0.2) is 27.1 Å². The first-order valence-corrected chi connectivity index (χ1v) is 10.1. The molecule has 1 aliphatic rings. The Bertz CT molecular complexity index is 1050. The second-order valence-corrected chi connectivity index (χ2v) is 7.29. The number of esters is 1. The van der Waals surface area contributed by atoms with Gasteiger partial charge < -0.3 is 15.0 Å². The van der Waals surface area contributed by atoms with E-state index in [1.54, 1.807) is 0 Å². The van der Waals surface area contributed by atoms with Crippen LogP contribution in [0.3, 0.4) is 0 Å². The zero-order valence-electron chi connectivity index (χ0n) is 16.3. The van der Waals surface area contributed by atoms with Crippen molar-refractivity contribution in [3.8, 4) is 0 Å². The molecule has 4 rings (SSSR count). The van der Waals surface area contributed by atoms with Crippen LogP contribution in [0.5, 0.6) is 0 Å². The van der Waals surface area contributed by atoms with Crippen molar-refractivity contribution in [3.05, 3.63) is 41.5 Å². The molecule has 0 spiro atoms. The summed E-state index contributed by atoms with van der Waals surface area (Å²) in [5, 5.41) is 0. The fourth-order valence-electron chi connectivity index (χ4n) is 3.80. The molecule has 2 N–H and O–H groups in total. The number of allylic oxidation sites excluding steroid dienone is 2. The lowest BCUT2D eigenvalue weighted by molar-refractivity contribution is 0.0508. The number of hydrogen-bond donors (Lipinski definition) is 1. The number of aryl methyl sites for hydroxylation is 1. The van der Waals surface area contributed by atoms with Gasteiger partial charge in [-0.25, -0.2) is 14.8 Å². The normalized spacial score (nSPS) is 14.4. The van der Waals surface area contributed by atoms with Crippen LogP contribution >= 0.6 is 0 Å². The van der Waals surface area contributed by atoms with Gasteiger partial charge in [-0.05, 0) is 50.7 Å². The van der Waals surface area contributed by atoms with E-state index in [1.165, 1.54) is 18.4 Å². The Hall–Kier alpha value is -2.89. The molecule has 0 amide bonds. The molecule has 0 bridgehead atoms. The first kappa shape index (κ1) is 18.5. The Morgan fingerprint density at radius 2 is 2.00 bits per heavy atom. The maximum Gasteiger partial charge on any atom is 0.344 e. The minimum Gasteiger partial charge on any atom is -0.462 e. The molecule has 1 aromatic carbocycles. The second kappa shape index (κ2) is 8.00. The Morgan fingerprint density at radius 1 is 1.21 bits per heavy atom. The molecule has 6 heteroatoms. The van der Waals surface area contributed by atoms with Crippen molar-refractivity contribution in [2.24, 2.45) is 0 Å². The molecule has 0 atom stereocenters. The maximum atomic E-state index is 12.7. The van der Waals surface area contributed by atoms with Gasteiger partial charge in [0.05, 0.1) is 17.6 Å². The van der Waals surface area contributed by atoms with Gasteiger partial charge in [-0.15, -0.1) is 0 Å². The predicted molar refractivity (Wildman–Crippen MR) is 111 cm³/mol. The van der Waals surface area contributed by atoms with E-state index in [2.05, 4.69) is 6.08 Å². The number of nitrogen functional groups attached to an aromatic ring is 1. The highest BCUT2D eigenvalue weighted by atomic mass is 16.5. The third-order valence-electron chi connectivity index (χ3n) is 5.27. The van der Waals surface area contributed by atoms with Gasteiger partial charge >= 0.3 is 5.97 Å². The molecule has 0 fully saturated rings. The van der Waals surface area contributed by atoms with Crippen LogP contribution in [0.25, 0.3) is 22.2 Å². The number of fused-ring (bicyclic) bond motifs is 2. The Morgan fingerprint density at radius 3 is 2.71 bits per heavy atom. The summed E-state index contributed by atoms with van der Waals surface area (Å²) in [7, 11) is 0. The number of anilines is 1. The lowest BCUT2D eigenvalue weighted by Crippen LogP contribution is -2.11. The van der Waals surface area contributed by atoms with Crippen LogP contribution in [0.4, 0.5) is 5.82 Å². The Labute approximate surface area is 164 Å². The van der Waals surface area contributed by atoms with Crippen LogP contribution < -0.4 is 5.73 Å². The highest BCUT2D eigenvalue weighted by Gasteiger charge is 2.25. The van der Waals surface area contributed by atoms with Crippen molar-refractivity contribution in [2.45, 2.75) is 52.0 Å². The summed E-state index contributed by atoms with van der Waals surface area (Å²) >= 11 is 0. The van der Waals surface area contributed by atoms with Gasteiger partial charge in [0.25, 0.3) is 0 Å². The van der Waals surface area contributed by atoms with Gasteiger partial charge in [-0.1, -0.05) is 30.7 Å². The number of carbonyl (C=O) groups is 1. The molecule has 1 aliphatic carbocycles. The van der Waals surface area contributed by atoms with E-state index in [9.17, 15) is 4.79 Å². The lowest BCUT2D eigenvalue weighted by Gasteiger charge is -2.14. The molecular weight excluding hydrogens is 352 g/mol. The van der Waals surface area contributed by atoms with Crippen LogP contribution in [0, 0.1) is 0 Å². The number of aromatic nitrogens is 3. The quantitative estimate of drug-likeness (QED) is 0.500. The SMILES string of the molecule is CCCOC(=O)c1c(N)n(CCC2=CCCCC2)c2nc3ccccc3nc12. The Balaban J connectivity index is 1.80. The zero-order chi connectivity index (χ0) is 19.5. The van der Waals surface area contributed by atoms with Crippen molar-refractivity contribution in [1.29, 1.82) is 0 Å². The lowest BCUT2D eigenvalue weighted by atomic mass is 9.97. The van der Waals surface area contributed by atoms with Crippen LogP contribution in [0.15, 0.2) is 35.9 Å². The summed E-state index contributed by atoms with van der Waals surface area (Å²) in [6, 6.07) is 7.66. The number of rotatable bonds is 6. The van der Waals surface area contributed by atoms with Gasteiger partial charge in [0.15, 0.2) is 5.65 Å². The number of benzene rings is 1. The Kier molecular flexibility index (Phi) is 5.28. The van der Waals surface area contributed by atoms with Gasteiger partial charge in [0, 0.05) is 6.54 Å². The monoisotopic (exact) mass is 378 g/mol. The zero-order valence-corrected chi connectivity index (χ0v) is 16.3. The average molecular weight is 378 g/mol. The van der Waals surface area contributed by atoms with E-state index in [4.69, 9.17) is 20.4 Å². The van der Waals surface area contributed by atoms with Crippen molar-refractivity contribution in [1.82, 2.24) is 14.5 Å². The van der Waals surface area contributed by atoms with Crippen LogP contribution in [-0.2, 0) is 11.3 Å². The number of nitrogens with zero attached hydrogens (tertiary/aromatic N) is 3. The molecule has 2 aromatic heterocycles. The third-order valence-corrected chi connectivity index (χ3v) is 5.27. The maximum absolute atomic E-state index is 12.7. The molecule has 0 saturated heterocycles. The van der Waals surface area contributed by atoms with Crippen molar-refractivity contribution < 1.29 is 9.53 Å². The smallest absolute Gasteiger partial charge is 0.344 e. The number of ether oxygens (including phenoxy) is 1. The molecule has 0 saturated carbocycles. The van der Waals surface area contributed by atoms with Crippen molar-refractivity contribution in [2.75, 3.05) is 12.3 Å². The van der Waals surface area contributed by atoms with E-state index in [0.717, 1.165) is 36.7 Å². The van der Waals surface area contributed by atoms with E-state index in [0.29, 0.717) is 35.7 Å². The van der Waals surface area contributed by atoms with E-state index >= 15 is 0 Å². The molecular formula is C22H26N4O2. The van der Waals surface area contributed by atoms with E-state index in [-0.39, 0.29) is 0 Å². The number of carbonyl (C=O) groups excluding carboxylic acids is 1. The van der Waals surface area contributed by atoms with E-state index < -0.39 is 5.97 Å². The standard InChI is InChI=1S/C22H26N4O2/c1-2-14-28-22(27)18-19-21(25-17-11-7-6-10-16(17)24-19)26(20(18)23)13-12-15-8-4-3-5-9-15/h6-8,10-11H,2-5,9,12-14,23H2,1H3. The average Bonchev–Trinajstić information content (AvgIpc) is 3.00. The molecule has 0 aliphatic heterocycles. The molecule has 28 heavy (non-hydrogen) atoms. The second-order valence-electron chi connectivity index (χ2n) is 7.29. The number of nitrogens with two attached hydrogens (primary N) is 1. The van der Waals surface area contributed by atoms with E-state index in [1.807, 2.05) is 35.8 Å². The fraction of sp³-hybridized carbons (Fsp3) is 0.409. The molecule has 3 aromatic rings. The van der Waals surface area contributed by atoms with Gasteiger partial charge in [0.1, 0.15) is 16.9 Å². The molecule has 0 radical (unpaired) electrons. The first-order chi connectivity index (χ1) is 13.7. The predicted octanol–water partition coefficient (Wildman–Crippen LogP) is 4.62. The fourth-order valence-corrected chi connectivity index (χ4v) is 3.80. The summed E-state index contributed by atoms with van der Waals surface area (Å²) in [6.45, 7) is 3.01. The number of para-hydroxylation sites is 2. The summed E-state index contributed by atoms with van der Waals surface area (Å²) < 4.78 is 7.30. The van der Waals surface area contributed by atoms with Crippen LogP contribution in [0.2, 0.25) is 0 Å². The van der Waals surface area contributed by atoms with Crippen molar-refractivity contribution >= 4 is 34.0 Å². The third kappa shape index (κ3) is 3.46. The van der Waals surface area contributed by atoms with Gasteiger partial charge in [0.2, 0.25) is 0 Å². The van der Waals surface area contributed by atoms with Gasteiger partial charge in [-0.3, -0.25) is 0 Å². The largest absolute Gasteiger partial charge is 0.462 e. The molecule has 6 nitrogen and oxygen atoms in total. The minimum atomic E-state index is -0.426. The minimum absolute atomic E-state index is 0.333. The van der Waals surface area contributed by atoms with Gasteiger partial charge in [-0.2, -0.15) is 0 Å². The summed E-state index contributed by atoms with van der Waals surface area (Å²) in [5.41, 5.74) is 10.9. The van der Waals surface area contributed by atoms with Crippen molar-refractivity contribution in [3.63, 3.8) is 0 Å². The topological polar surface area (TPSA) is 83.0 Å². The molecule has 146 valence electrons. The highest BCUT2D eigenvalue weighted by Crippen LogP contribution is 2.30. The number of hydrogen-bond acceptors (Lipinski definition) is 5. The van der Waals surface area contributed by atoms with Crippen LogP contribution in [0.1, 0.15) is 55.8 Å². The summed E-state index contributed by atoms with van der Waals surface area (Å²) in [5.74, 6) is -0.0348. The summed E-state index contributed by atoms with van der Waals surface area (Å²) in [4.78, 5) is 22.2. The molecule has 2 heterocycles. The first-order valence-electron chi connectivity index (χ1n) is 10.1. The highest BCUT2D eigenvalue weighted by molar-refractivity contribution is 6.08.